The molecule has 144 valence electrons. The maximum Gasteiger partial charge on any atom is 0.341 e. The quantitative estimate of drug-likeness (QED) is 0.592. The molecular weight excluding hydrogens is 384 g/mol. The lowest BCUT2D eigenvalue weighted by Gasteiger charge is -2.11. The molecule has 28 heavy (non-hydrogen) atoms. The molecule has 0 spiro atoms. The number of anilines is 1. The van der Waals surface area contributed by atoms with Crippen molar-refractivity contribution in [2.24, 2.45) is 0 Å². The van der Waals surface area contributed by atoms with Crippen molar-refractivity contribution in [1.82, 2.24) is 15.0 Å². The number of ether oxygens (including phenoxy) is 2. The Labute approximate surface area is 166 Å². The lowest BCUT2D eigenvalue weighted by atomic mass is 10.2. The highest BCUT2D eigenvalue weighted by molar-refractivity contribution is 6.32. The van der Waals surface area contributed by atoms with Crippen LogP contribution < -0.4 is 14.8 Å². The number of pyridine rings is 1. The van der Waals surface area contributed by atoms with E-state index in [-0.39, 0.29) is 24.0 Å². The van der Waals surface area contributed by atoms with Crippen LogP contribution in [0.2, 0.25) is 5.02 Å². The van der Waals surface area contributed by atoms with Crippen molar-refractivity contribution < 1.29 is 19.4 Å². The first kappa shape index (κ1) is 19.4. The summed E-state index contributed by atoms with van der Waals surface area (Å²) in [5, 5.41) is 12.8. The van der Waals surface area contributed by atoms with Crippen LogP contribution in [-0.4, -0.2) is 33.1 Å². The predicted octanol–water partition coefficient (Wildman–Crippen LogP) is 3.42. The zero-order valence-electron chi connectivity index (χ0n) is 14.9. The van der Waals surface area contributed by atoms with Crippen molar-refractivity contribution >= 4 is 23.4 Å². The highest BCUT2D eigenvalue weighted by Gasteiger charge is 2.15. The Kier molecular flexibility index (Phi) is 6.23. The molecule has 1 aromatic carbocycles. The van der Waals surface area contributed by atoms with Gasteiger partial charge in [-0.25, -0.2) is 9.78 Å². The summed E-state index contributed by atoms with van der Waals surface area (Å²) in [6.45, 7) is 0.474. The van der Waals surface area contributed by atoms with E-state index in [0.717, 1.165) is 5.56 Å². The predicted molar refractivity (Wildman–Crippen MR) is 103 cm³/mol. The minimum absolute atomic E-state index is 0.0471. The number of benzene rings is 1. The number of hydrogen-bond donors (Lipinski definition) is 2. The third-order valence-electron chi connectivity index (χ3n) is 3.75. The molecule has 3 aromatic rings. The Balaban J connectivity index is 1.74. The van der Waals surface area contributed by atoms with Crippen LogP contribution in [0.4, 0.5) is 5.82 Å². The zero-order chi connectivity index (χ0) is 19.9. The first-order valence-corrected chi connectivity index (χ1v) is 8.64. The highest BCUT2D eigenvalue weighted by atomic mass is 35.5. The van der Waals surface area contributed by atoms with Gasteiger partial charge in [0.25, 0.3) is 0 Å². The summed E-state index contributed by atoms with van der Waals surface area (Å²) in [5.74, 6) is -0.444. The van der Waals surface area contributed by atoms with E-state index >= 15 is 0 Å². The summed E-state index contributed by atoms with van der Waals surface area (Å²) in [6, 6.07) is 10.8. The van der Waals surface area contributed by atoms with Gasteiger partial charge in [0.1, 0.15) is 23.7 Å². The van der Waals surface area contributed by atoms with Gasteiger partial charge < -0.3 is 19.9 Å². The molecule has 0 aliphatic carbocycles. The van der Waals surface area contributed by atoms with Crippen LogP contribution >= 0.6 is 11.6 Å². The van der Waals surface area contributed by atoms with Crippen LogP contribution in [0.25, 0.3) is 0 Å². The number of rotatable bonds is 8. The van der Waals surface area contributed by atoms with Crippen LogP contribution in [0.15, 0.2) is 48.8 Å². The fourth-order valence-corrected chi connectivity index (χ4v) is 2.63. The van der Waals surface area contributed by atoms with E-state index in [9.17, 15) is 9.90 Å². The van der Waals surface area contributed by atoms with Gasteiger partial charge in [-0.1, -0.05) is 23.7 Å². The van der Waals surface area contributed by atoms with Gasteiger partial charge in [-0.05, 0) is 29.8 Å². The molecule has 0 aliphatic rings. The Morgan fingerprint density at radius 1 is 1.25 bits per heavy atom. The van der Waals surface area contributed by atoms with Gasteiger partial charge in [0.15, 0.2) is 0 Å². The van der Waals surface area contributed by atoms with Gasteiger partial charge >= 0.3 is 12.0 Å². The van der Waals surface area contributed by atoms with E-state index < -0.39 is 5.97 Å². The van der Waals surface area contributed by atoms with Crippen LogP contribution in [0.1, 0.15) is 21.6 Å². The normalized spacial score (nSPS) is 10.4. The van der Waals surface area contributed by atoms with Gasteiger partial charge in [0.2, 0.25) is 0 Å². The van der Waals surface area contributed by atoms with Gasteiger partial charge in [-0.2, -0.15) is 4.98 Å². The molecule has 2 aromatic heterocycles. The molecular formula is C19H17ClN4O4. The Bertz CT molecular complexity index is 969. The summed E-state index contributed by atoms with van der Waals surface area (Å²) in [4.78, 5) is 23.7. The van der Waals surface area contributed by atoms with Gasteiger partial charge in [0, 0.05) is 12.7 Å². The second-order valence-electron chi connectivity index (χ2n) is 5.65. The van der Waals surface area contributed by atoms with Crippen LogP contribution in [0, 0.1) is 0 Å². The number of halogens is 1. The molecule has 0 atom stereocenters. The first-order valence-electron chi connectivity index (χ1n) is 8.26. The second kappa shape index (κ2) is 9.01. The third kappa shape index (κ3) is 4.86. The zero-order valence-corrected chi connectivity index (χ0v) is 15.7. The number of nitrogens with one attached hydrogen (secondary N) is 1. The number of carboxylic acids is 1. The number of nitrogens with zero attached hydrogens (tertiary/aromatic N) is 3. The van der Waals surface area contributed by atoms with E-state index in [0.29, 0.717) is 23.0 Å². The van der Waals surface area contributed by atoms with Gasteiger partial charge in [-0.15, -0.1) is 0 Å². The van der Waals surface area contributed by atoms with E-state index in [2.05, 4.69) is 20.3 Å². The van der Waals surface area contributed by atoms with E-state index in [1.165, 1.54) is 13.3 Å². The van der Waals surface area contributed by atoms with Crippen molar-refractivity contribution in [2.75, 3.05) is 12.4 Å². The molecule has 0 radical (unpaired) electrons. The lowest BCUT2D eigenvalue weighted by Crippen LogP contribution is -2.11. The molecule has 0 amide bonds. The monoisotopic (exact) mass is 400 g/mol. The number of carbonyl (C=O) groups is 1. The fourth-order valence-electron chi connectivity index (χ4n) is 2.35. The molecule has 0 aliphatic heterocycles. The summed E-state index contributed by atoms with van der Waals surface area (Å²) >= 11 is 6.12. The van der Waals surface area contributed by atoms with Crippen molar-refractivity contribution in [1.29, 1.82) is 0 Å². The minimum Gasteiger partial charge on any atom is -0.495 e. The molecule has 9 heteroatoms. The summed E-state index contributed by atoms with van der Waals surface area (Å²) in [5.41, 5.74) is 1.47. The number of aromatic nitrogens is 3. The maximum atomic E-state index is 11.5. The first-order chi connectivity index (χ1) is 13.6. The van der Waals surface area contributed by atoms with Crippen molar-refractivity contribution in [3.8, 4) is 11.8 Å². The molecule has 0 unspecified atom stereocenters. The molecule has 3 rings (SSSR count). The highest BCUT2D eigenvalue weighted by Crippen LogP contribution is 2.25. The standard InChI is InChI=1S/C19H17ClN4O4/c1-27-16-6-5-12(8-15(16)20)9-22-17-14(18(25)26)10-23-19(24-17)28-11-13-4-2-3-7-21-13/h2-8,10H,9,11H2,1H3,(H,25,26)(H,22,23,24). The third-order valence-corrected chi connectivity index (χ3v) is 4.04. The van der Waals surface area contributed by atoms with Crippen LogP contribution in [-0.2, 0) is 13.2 Å². The largest absolute Gasteiger partial charge is 0.495 e. The maximum absolute atomic E-state index is 11.5. The number of carboxylic acid groups (broad SMARTS) is 1. The number of methoxy groups -OCH3 is 1. The Hall–Kier alpha value is -3.39. The second-order valence-corrected chi connectivity index (χ2v) is 6.06. The van der Waals surface area contributed by atoms with Crippen molar-refractivity contribution in [3.05, 3.63) is 70.6 Å². The fraction of sp³-hybridized carbons (Fsp3) is 0.158. The summed E-state index contributed by atoms with van der Waals surface area (Å²) < 4.78 is 10.6. The minimum atomic E-state index is -1.15. The Morgan fingerprint density at radius 2 is 2.11 bits per heavy atom. The molecule has 8 nitrogen and oxygen atoms in total. The summed E-state index contributed by atoms with van der Waals surface area (Å²) in [7, 11) is 1.53. The van der Waals surface area contributed by atoms with Crippen LogP contribution in [0.3, 0.4) is 0 Å². The molecule has 2 heterocycles. The van der Waals surface area contributed by atoms with E-state index in [1.807, 2.05) is 12.1 Å². The average Bonchev–Trinajstić information content (AvgIpc) is 2.71. The van der Waals surface area contributed by atoms with Gasteiger partial charge in [-0.3, -0.25) is 4.98 Å². The molecule has 0 saturated carbocycles. The Morgan fingerprint density at radius 3 is 2.79 bits per heavy atom. The molecule has 2 N–H and O–H groups in total. The van der Waals surface area contributed by atoms with Gasteiger partial charge in [0.05, 0.1) is 24.0 Å². The summed E-state index contributed by atoms with van der Waals surface area (Å²) in [6.07, 6.45) is 2.85. The lowest BCUT2D eigenvalue weighted by molar-refractivity contribution is 0.0697. The topological polar surface area (TPSA) is 106 Å². The average molecular weight is 401 g/mol. The van der Waals surface area contributed by atoms with Crippen molar-refractivity contribution in [3.63, 3.8) is 0 Å². The van der Waals surface area contributed by atoms with E-state index in [4.69, 9.17) is 21.1 Å². The van der Waals surface area contributed by atoms with E-state index in [1.54, 1.807) is 30.5 Å². The number of aromatic carboxylic acids is 1. The molecule has 0 bridgehead atoms. The smallest absolute Gasteiger partial charge is 0.341 e. The molecule has 0 saturated heterocycles. The number of hydrogen-bond acceptors (Lipinski definition) is 7. The SMILES string of the molecule is COc1ccc(CNc2nc(OCc3ccccn3)ncc2C(=O)O)cc1Cl. The van der Waals surface area contributed by atoms with Crippen molar-refractivity contribution in [2.45, 2.75) is 13.2 Å². The molecule has 0 fully saturated rings. The van der Waals surface area contributed by atoms with Crippen LogP contribution in [0.5, 0.6) is 11.8 Å².